The molecule has 0 unspecified atom stereocenters. The van der Waals surface area contributed by atoms with Gasteiger partial charge in [0.05, 0.1) is 17.2 Å². The smallest absolute Gasteiger partial charge is 0.185 e. The van der Waals surface area contributed by atoms with Crippen molar-refractivity contribution in [1.29, 1.82) is 0 Å². The fourth-order valence-electron chi connectivity index (χ4n) is 2.71. The zero-order valence-electron chi connectivity index (χ0n) is 15.8. The Bertz CT molecular complexity index is 1070. The van der Waals surface area contributed by atoms with Gasteiger partial charge in [-0.25, -0.2) is 0 Å². The van der Waals surface area contributed by atoms with E-state index in [-0.39, 0.29) is 12.4 Å². The highest BCUT2D eigenvalue weighted by atomic mass is 79.9. The SMILES string of the molecule is COc1ccc(/C=C/C(=O)c2ccc(Br)cc2)cc1COc1c(Cl)cc(Cl)cc1Cl. The molecule has 0 saturated heterocycles. The summed E-state index contributed by atoms with van der Waals surface area (Å²) in [6.45, 7) is 0.173. The Morgan fingerprint density at radius 2 is 1.67 bits per heavy atom. The number of ether oxygens (including phenoxy) is 2. The van der Waals surface area contributed by atoms with Crippen LogP contribution < -0.4 is 9.47 Å². The summed E-state index contributed by atoms with van der Waals surface area (Å²) in [5.74, 6) is 0.902. The molecule has 154 valence electrons. The lowest BCUT2D eigenvalue weighted by Gasteiger charge is -2.13. The summed E-state index contributed by atoms with van der Waals surface area (Å²) in [7, 11) is 1.58. The quantitative estimate of drug-likeness (QED) is 0.232. The molecule has 3 aromatic carbocycles. The van der Waals surface area contributed by atoms with Gasteiger partial charge < -0.3 is 9.47 Å². The van der Waals surface area contributed by atoms with E-state index in [0.29, 0.717) is 32.1 Å². The third-order valence-corrected chi connectivity index (χ3v) is 5.50. The first-order chi connectivity index (χ1) is 14.4. The van der Waals surface area contributed by atoms with Gasteiger partial charge in [-0.1, -0.05) is 62.9 Å². The van der Waals surface area contributed by atoms with Gasteiger partial charge in [0.2, 0.25) is 0 Å². The number of ketones is 1. The Hall–Kier alpha value is -1.98. The number of rotatable bonds is 7. The van der Waals surface area contributed by atoms with Gasteiger partial charge in [-0.05, 0) is 60.2 Å². The summed E-state index contributed by atoms with van der Waals surface area (Å²) in [4.78, 5) is 12.4. The van der Waals surface area contributed by atoms with Crippen LogP contribution in [0.2, 0.25) is 15.1 Å². The van der Waals surface area contributed by atoms with Crippen molar-refractivity contribution in [3.05, 3.63) is 96.9 Å². The summed E-state index contributed by atoms with van der Waals surface area (Å²) in [5, 5.41) is 1.07. The number of allylic oxidation sites excluding steroid dienone is 1. The van der Waals surface area contributed by atoms with Gasteiger partial charge in [0.1, 0.15) is 12.4 Å². The van der Waals surface area contributed by atoms with Gasteiger partial charge in [0.25, 0.3) is 0 Å². The first-order valence-corrected chi connectivity index (χ1v) is 10.7. The molecule has 0 spiro atoms. The van der Waals surface area contributed by atoms with Gasteiger partial charge in [-0.2, -0.15) is 0 Å². The molecule has 3 nitrogen and oxygen atoms in total. The predicted octanol–water partition coefficient (Wildman–Crippen LogP) is 7.89. The van der Waals surface area contributed by atoms with Crippen LogP contribution in [0.3, 0.4) is 0 Å². The average Bonchev–Trinajstić information content (AvgIpc) is 2.71. The van der Waals surface area contributed by atoms with Gasteiger partial charge >= 0.3 is 0 Å². The molecular formula is C23H16BrCl3O3. The Labute approximate surface area is 198 Å². The van der Waals surface area contributed by atoms with Crippen molar-refractivity contribution in [3.8, 4) is 11.5 Å². The summed E-state index contributed by atoms with van der Waals surface area (Å²) in [6, 6.07) is 15.9. The van der Waals surface area contributed by atoms with Crippen LogP contribution in [-0.2, 0) is 6.61 Å². The monoisotopic (exact) mass is 524 g/mol. The zero-order valence-corrected chi connectivity index (χ0v) is 19.6. The number of benzene rings is 3. The molecule has 0 N–H and O–H groups in total. The molecule has 3 rings (SSSR count). The molecule has 0 radical (unpaired) electrons. The molecule has 3 aromatic rings. The number of hydrogen-bond acceptors (Lipinski definition) is 3. The largest absolute Gasteiger partial charge is 0.496 e. The van der Waals surface area contributed by atoms with Gasteiger partial charge in [0, 0.05) is 20.6 Å². The van der Waals surface area contributed by atoms with Crippen molar-refractivity contribution in [1.82, 2.24) is 0 Å². The first-order valence-electron chi connectivity index (χ1n) is 8.79. The third kappa shape index (κ3) is 5.79. The van der Waals surface area contributed by atoms with E-state index in [0.717, 1.165) is 15.6 Å². The number of carbonyl (C=O) groups excluding carboxylic acids is 1. The number of methoxy groups -OCH3 is 1. The maximum atomic E-state index is 12.4. The molecule has 0 heterocycles. The van der Waals surface area contributed by atoms with Gasteiger partial charge in [0.15, 0.2) is 11.5 Å². The lowest BCUT2D eigenvalue weighted by atomic mass is 10.1. The van der Waals surface area contributed by atoms with E-state index in [1.54, 1.807) is 37.5 Å². The van der Waals surface area contributed by atoms with Crippen LogP contribution in [-0.4, -0.2) is 12.9 Å². The van der Waals surface area contributed by atoms with E-state index in [9.17, 15) is 4.79 Å². The Kier molecular flexibility index (Phi) is 7.84. The minimum absolute atomic E-state index is 0.0872. The lowest BCUT2D eigenvalue weighted by molar-refractivity contribution is 0.104. The topological polar surface area (TPSA) is 35.5 Å². The first kappa shape index (κ1) is 22.7. The Balaban J connectivity index is 1.78. The normalized spacial score (nSPS) is 11.0. The van der Waals surface area contributed by atoms with Crippen LogP contribution >= 0.6 is 50.7 Å². The molecule has 0 aliphatic heterocycles. The standard InChI is InChI=1S/C23H16BrCl3O3/c1-29-22-9-3-14(2-8-21(28)15-4-6-17(24)7-5-15)10-16(22)13-30-23-19(26)11-18(25)12-20(23)27/h2-12H,13H2,1H3/b8-2+. The highest BCUT2D eigenvalue weighted by molar-refractivity contribution is 9.10. The predicted molar refractivity (Wildman–Crippen MR) is 126 cm³/mol. The van der Waals surface area contributed by atoms with Crippen LogP contribution in [0.5, 0.6) is 11.5 Å². The van der Waals surface area contributed by atoms with E-state index in [1.165, 1.54) is 6.08 Å². The van der Waals surface area contributed by atoms with Gasteiger partial charge in [-0.15, -0.1) is 0 Å². The summed E-state index contributed by atoms with van der Waals surface area (Å²) < 4.78 is 12.1. The third-order valence-electron chi connectivity index (χ3n) is 4.20. The molecule has 0 amide bonds. The van der Waals surface area contributed by atoms with Crippen LogP contribution in [0.1, 0.15) is 21.5 Å². The van der Waals surface area contributed by atoms with Crippen LogP contribution in [0.4, 0.5) is 0 Å². The number of halogens is 4. The van der Waals surface area contributed by atoms with Crippen LogP contribution in [0.15, 0.2) is 65.1 Å². The zero-order chi connectivity index (χ0) is 21.7. The molecule has 7 heteroatoms. The molecule has 0 aromatic heterocycles. The Morgan fingerprint density at radius 3 is 2.30 bits per heavy atom. The Morgan fingerprint density at radius 1 is 1.00 bits per heavy atom. The highest BCUT2D eigenvalue weighted by Gasteiger charge is 2.12. The van der Waals surface area contributed by atoms with Crippen LogP contribution in [0, 0.1) is 0 Å². The van der Waals surface area contributed by atoms with E-state index < -0.39 is 0 Å². The molecule has 0 bridgehead atoms. The minimum atomic E-state index is -0.0872. The molecule has 0 aliphatic rings. The van der Waals surface area contributed by atoms with Crippen LogP contribution in [0.25, 0.3) is 6.08 Å². The number of hydrogen-bond donors (Lipinski definition) is 0. The fourth-order valence-corrected chi connectivity index (χ4v) is 3.90. The minimum Gasteiger partial charge on any atom is -0.496 e. The summed E-state index contributed by atoms with van der Waals surface area (Å²) >= 11 is 21.7. The summed E-state index contributed by atoms with van der Waals surface area (Å²) in [5.41, 5.74) is 2.21. The van der Waals surface area contributed by atoms with Crippen molar-refractivity contribution in [2.75, 3.05) is 7.11 Å². The molecule has 0 fully saturated rings. The van der Waals surface area contributed by atoms with Crippen molar-refractivity contribution >= 4 is 62.6 Å². The van der Waals surface area contributed by atoms with Crippen molar-refractivity contribution in [2.45, 2.75) is 6.61 Å². The average molecular weight is 527 g/mol. The molecular weight excluding hydrogens is 511 g/mol. The second-order valence-corrected chi connectivity index (χ2v) is 8.43. The maximum Gasteiger partial charge on any atom is 0.185 e. The lowest BCUT2D eigenvalue weighted by Crippen LogP contribution is -2.00. The molecule has 30 heavy (non-hydrogen) atoms. The van der Waals surface area contributed by atoms with Crippen molar-refractivity contribution in [3.63, 3.8) is 0 Å². The van der Waals surface area contributed by atoms with Crippen molar-refractivity contribution < 1.29 is 14.3 Å². The molecule has 0 atom stereocenters. The summed E-state index contributed by atoms with van der Waals surface area (Å²) in [6.07, 6.45) is 3.28. The second-order valence-electron chi connectivity index (χ2n) is 6.26. The maximum absolute atomic E-state index is 12.4. The molecule has 0 aliphatic carbocycles. The van der Waals surface area contributed by atoms with Crippen molar-refractivity contribution in [2.24, 2.45) is 0 Å². The van der Waals surface area contributed by atoms with E-state index in [1.807, 2.05) is 30.3 Å². The molecule has 0 saturated carbocycles. The number of carbonyl (C=O) groups is 1. The van der Waals surface area contributed by atoms with E-state index >= 15 is 0 Å². The van der Waals surface area contributed by atoms with Gasteiger partial charge in [-0.3, -0.25) is 4.79 Å². The van der Waals surface area contributed by atoms with E-state index in [2.05, 4.69) is 15.9 Å². The second kappa shape index (κ2) is 10.4. The highest BCUT2D eigenvalue weighted by Crippen LogP contribution is 2.36. The fraction of sp³-hybridized carbons (Fsp3) is 0.0870. The van der Waals surface area contributed by atoms with E-state index in [4.69, 9.17) is 44.3 Å².